The highest BCUT2D eigenvalue weighted by Gasteiger charge is 2.04. The van der Waals surface area contributed by atoms with Gasteiger partial charge in [-0.1, -0.05) is 30.3 Å². The Morgan fingerprint density at radius 1 is 0.667 bits per heavy atom. The second-order valence-electron chi connectivity index (χ2n) is 6.34. The highest BCUT2D eigenvalue weighted by atomic mass is 14.1. The van der Waals surface area contributed by atoms with E-state index in [2.05, 4.69) is 78.8 Å². The lowest BCUT2D eigenvalue weighted by Crippen LogP contribution is -1.91. The van der Waals surface area contributed by atoms with Gasteiger partial charge in [-0.2, -0.15) is 0 Å². The molecular weight excluding hydrogens is 252 g/mol. The molecule has 2 aromatic rings. The van der Waals surface area contributed by atoms with Crippen molar-refractivity contribution >= 4 is 11.6 Å². The fourth-order valence-corrected chi connectivity index (χ4v) is 2.75. The van der Waals surface area contributed by atoms with Crippen LogP contribution in [-0.4, -0.2) is 0 Å². The van der Waals surface area contributed by atoms with Gasteiger partial charge >= 0.3 is 0 Å². The van der Waals surface area contributed by atoms with Crippen molar-refractivity contribution in [1.29, 1.82) is 0 Å². The summed E-state index contributed by atoms with van der Waals surface area (Å²) in [6, 6.07) is 9.14. The monoisotopic (exact) mass is 278 g/mol. The number of allylic oxidation sites excluding steroid dienone is 1. The summed E-state index contributed by atoms with van der Waals surface area (Å²) < 4.78 is 0. The molecule has 2 rings (SSSR count). The van der Waals surface area contributed by atoms with Crippen molar-refractivity contribution in [1.82, 2.24) is 0 Å². The normalized spacial score (nSPS) is 11.9. The number of aryl methyl sites for hydroxylation is 4. The van der Waals surface area contributed by atoms with E-state index in [4.69, 9.17) is 0 Å². The number of hydrogen-bond donors (Lipinski definition) is 0. The SMILES string of the molecule is C/C(=C\c1cc(C)c(C)c(C)c1)c1cc(C)c(C)c(C)c1. The van der Waals surface area contributed by atoms with Crippen LogP contribution in [0.4, 0.5) is 0 Å². The van der Waals surface area contributed by atoms with Gasteiger partial charge in [0.2, 0.25) is 0 Å². The fourth-order valence-electron chi connectivity index (χ4n) is 2.75. The minimum absolute atomic E-state index is 1.30. The molecule has 0 unspecified atom stereocenters. The van der Waals surface area contributed by atoms with E-state index < -0.39 is 0 Å². The molecule has 0 heteroatoms. The lowest BCUT2D eigenvalue weighted by Gasteiger charge is -2.11. The third-order valence-corrected chi connectivity index (χ3v) is 4.71. The summed E-state index contributed by atoms with van der Waals surface area (Å²) in [6.07, 6.45) is 2.29. The van der Waals surface area contributed by atoms with Crippen LogP contribution in [-0.2, 0) is 0 Å². The molecule has 0 aromatic heterocycles. The summed E-state index contributed by atoms with van der Waals surface area (Å²) in [7, 11) is 0. The lowest BCUT2D eigenvalue weighted by atomic mass is 9.94. The first kappa shape index (κ1) is 15.6. The summed E-state index contributed by atoms with van der Waals surface area (Å²) >= 11 is 0. The Labute approximate surface area is 129 Å². The molecule has 0 spiro atoms. The van der Waals surface area contributed by atoms with E-state index in [0.29, 0.717) is 0 Å². The fraction of sp³-hybridized carbons (Fsp3) is 0.333. The molecule has 0 nitrogen and oxygen atoms in total. The van der Waals surface area contributed by atoms with Crippen molar-refractivity contribution in [2.24, 2.45) is 0 Å². The number of rotatable bonds is 2. The highest BCUT2D eigenvalue weighted by Crippen LogP contribution is 2.24. The number of hydrogen-bond acceptors (Lipinski definition) is 0. The van der Waals surface area contributed by atoms with E-state index in [1.165, 1.54) is 50.1 Å². The maximum absolute atomic E-state index is 2.29. The Bertz CT molecular complexity index is 669. The Morgan fingerprint density at radius 2 is 1.05 bits per heavy atom. The van der Waals surface area contributed by atoms with Crippen LogP contribution < -0.4 is 0 Å². The summed E-state index contributed by atoms with van der Waals surface area (Å²) in [4.78, 5) is 0. The molecule has 21 heavy (non-hydrogen) atoms. The van der Waals surface area contributed by atoms with Crippen LogP contribution in [0.3, 0.4) is 0 Å². The first-order valence-corrected chi connectivity index (χ1v) is 7.64. The van der Waals surface area contributed by atoms with Crippen molar-refractivity contribution in [3.63, 3.8) is 0 Å². The Morgan fingerprint density at radius 3 is 1.48 bits per heavy atom. The third-order valence-electron chi connectivity index (χ3n) is 4.71. The smallest absolute Gasteiger partial charge is 0.0222 e. The van der Waals surface area contributed by atoms with E-state index in [1.807, 2.05) is 0 Å². The second-order valence-corrected chi connectivity index (χ2v) is 6.34. The summed E-state index contributed by atoms with van der Waals surface area (Å²) in [5.41, 5.74) is 12.2. The van der Waals surface area contributed by atoms with Crippen LogP contribution >= 0.6 is 0 Å². The van der Waals surface area contributed by atoms with E-state index in [9.17, 15) is 0 Å². The Kier molecular flexibility index (Phi) is 4.37. The van der Waals surface area contributed by atoms with Gasteiger partial charge in [0.05, 0.1) is 0 Å². The van der Waals surface area contributed by atoms with E-state index >= 15 is 0 Å². The molecule has 0 aliphatic heterocycles. The van der Waals surface area contributed by atoms with E-state index in [-0.39, 0.29) is 0 Å². The van der Waals surface area contributed by atoms with Crippen LogP contribution in [0.5, 0.6) is 0 Å². The molecular formula is C21H26. The summed E-state index contributed by atoms with van der Waals surface area (Å²) in [5, 5.41) is 0. The van der Waals surface area contributed by atoms with E-state index in [0.717, 1.165) is 0 Å². The lowest BCUT2D eigenvalue weighted by molar-refractivity contribution is 1.25. The molecule has 0 heterocycles. The van der Waals surface area contributed by atoms with E-state index in [1.54, 1.807) is 0 Å². The molecule has 0 N–H and O–H groups in total. The molecule has 0 fully saturated rings. The van der Waals surface area contributed by atoms with Gasteiger partial charge in [-0.25, -0.2) is 0 Å². The van der Waals surface area contributed by atoms with Gasteiger partial charge in [-0.05, 0) is 98.5 Å². The minimum Gasteiger partial charge on any atom is -0.0518 e. The minimum atomic E-state index is 1.30. The van der Waals surface area contributed by atoms with Crippen LogP contribution in [0.25, 0.3) is 11.6 Å². The van der Waals surface area contributed by atoms with Crippen molar-refractivity contribution < 1.29 is 0 Å². The van der Waals surface area contributed by atoms with Crippen molar-refractivity contribution in [2.45, 2.75) is 48.5 Å². The maximum atomic E-state index is 2.29. The highest BCUT2D eigenvalue weighted by molar-refractivity contribution is 5.81. The molecule has 0 radical (unpaired) electrons. The van der Waals surface area contributed by atoms with Gasteiger partial charge in [0, 0.05) is 0 Å². The summed E-state index contributed by atoms with van der Waals surface area (Å²) in [5.74, 6) is 0. The topological polar surface area (TPSA) is 0 Å². The predicted molar refractivity (Wildman–Crippen MR) is 94.9 cm³/mol. The molecule has 0 amide bonds. The standard InChI is InChI=1S/C21H26/c1-13-8-20(9-14(2)18(13)6)10-17(5)21-11-15(3)19(7)16(4)12-21/h8-12H,1-7H3/b17-10+. The molecule has 0 atom stereocenters. The molecule has 110 valence electrons. The van der Waals surface area contributed by atoms with Gasteiger partial charge in [0.25, 0.3) is 0 Å². The van der Waals surface area contributed by atoms with Gasteiger partial charge in [0.15, 0.2) is 0 Å². The first-order valence-electron chi connectivity index (χ1n) is 7.64. The predicted octanol–water partition coefficient (Wildman–Crippen LogP) is 6.10. The van der Waals surface area contributed by atoms with Gasteiger partial charge in [-0.3, -0.25) is 0 Å². The van der Waals surface area contributed by atoms with Crippen molar-refractivity contribution in [3.8, 4) is 0 Å². The maximum Gasteiger partial charge on any atom is -0.0222 e. The van der Waals surface area contributed by atoms with Crippen LogP contribution in [0, 0.1) is 41.5 Å². The summed E-state index contributed by atoms with van der Waals surface area (Å²) in [6.45, 7) is 15.4. The van der Waals surface area contributed by atoms with Crippen LogP contribution in [0.2, 0.25) is 0 Å². The molecule has 0 bridgehead atoms. The quantitative estimate of drug-likeness (QED) is 0.582. The largest absolute Gasteiger partial charge is 0.0518 e. The molecule has 2 aromatic carbocycles. The zero-order valence-electron chi connectivity index (χ0n) is 14.4. The van der Waals surface area contributed by atoms with Gasteiger partial charge in [0.1, 0.15) is 0 Å². The number of benzene rings is 2. The molecule has 0 saturated carbocycles. The van der Waals surface area contributed by atoms with Gasteiger partial charge in [-0.15, -0.1) is 0 Å². The van der Waals surface area contributed by atoms with Crippen molar-refractivity contribution in [2.75, 3.05) is 0 Å². The average Bonchev–Trinajstić information content (AvgIpc) is 2.41. The molecule has 0 saturated heterocycles. The van der Waals surface area contributed by atoms with Crippen LogP contribution in [0.15, 0.2) is 24.3 Å². The third kappa shape index (κ3) is 3.26. The first-order chi connectivity index (χ1) is 9.79. The van der Waals surface area contributed by atoms with Crippen molar-refractivity contribution in [3.05, 3.63) is 68.8 Å². The van der Waals surface area contributed by atoms with Crippen LogP contribution in [0.1, 0.15) is 51.4 Å². The second kappa shape index (κ2) is 5.89. The Balaban J connectivity index is 2.46. The Hall–Kier alpha value is -1.82. The van der Waals surface area contributed by atoms with Gasteiger partial charge < -0.3 is 0 Å². The zero-order valence-corrected chi connectivity index (χ0v) is 14.4. The molecule has 0 aliphatic rings. The molecule has 0 aliphatic carbocycles. The average molecular weight is 278 g/mol. The zero-order chi connectivity index (χ0) is 15.7.